The molecule has 0 spiro atoms. The van der Waals surface area contributed by atoms with Crippen LogP contribution < -0.4 is 11.5 Å². The highest BCUT2D eigenvalue weighted by molar-refractivity contribution is 7.21. The number of hydrogen-bond acceptors (Lipinski definition) is 4. The van der Waals surface area contributed by atoms with Crippen molar-refractivity contribution in [2.45, 2.75) is 6.92 Å². The smallest absolute Gasteiger partial charge is 0.266 e. The number of amides is 2. The number of likely N-dealkylation sites (N-methyl/N-ethyl adjacent to an activating group) is 1. The van der Waals surface area contributed by atoms with Crippen molar-refractivity contribution in [2.75, 3.05) is 19.3 Å². The van der Waals surface area contributed by atoms with Crippen LogP contribution in [0, 0.1) is 6.92 Å². The van der Waals surface area contributed by atoms with Gasteiger partial charge in [-0.05, 0) is 12.5 Å². The summed E-state index contributed by atoms with van der Waals surface area (Å²) in [6.07, 6.45) is 0. The number of carbonyl (C=O) groups is 2. The summed E-state index contributed by atoms with van der Waals surface area (Å²) in [4.78, 5) is 24.8. The first-order valence-corrected chi connectivity index (χ1v) is 6.54. The number of nitrogen functional groups attached to an aromatic ring is 1. The summed E-state index contributed by atoms with van der Waals surface area (Å²) in [6.45, 7) is 1.85. The van der Waals surface area contributed by atoms with Crippen LogP contribution in [0.2, 0.25) is 0 Å². The van der Waals surface area contributed by atoms with Crippen LogP contribution in [0.15, 0.2) is 18.2 Å². The normalized spacial score (nSPS) is 10.6. The number of rotatable bonds is 3. The molecular formula is C13H15N3O2S. The zero-order valence-corrected chi connectivity index (χ0v) is 11.6. The minimum Gasteiger partial charge on any atom is -0.397 e. The lowest BCUT2D eigenvalue weighted by Gasteiger charge is -2.14. The second-order valence-corrected chi connectivity index (χ2v) is 5.44. The number of fused-ring (bicyclic) bond motifs is 1. The first-order chi connectivity index (χ1) is 8.91. The number of anilines is 1. The number of thiophene rings is 1. The highest BCUT2D eigenvalue weighted by Crippen LogP contribution is 2.36. The number of primary amides is 1. The van der Waals surface area contributed by atoms with Gasteiger partial charge in [-0.15, -0.1) is 11.3 Å². The third-order valence-electron chi connectivity index (χ3n) is 2.88. The quantitative estimate of drug-likeness (QED) is 0.887. The van der Waals surface area contributed by atoms with E-state index in [4.69, 9.17) is 11.5 Å². The van der Waals surface area contributed by atoms with E-state index < -0.39 is 5.91 Å². The molecule has 19 heavy (non-hydrogen) atoms. The molecule has 6 heteroatoms. The molecule has 0 saturated carbocycles. The van der Waals surface area contributed by atoms with Crippen molar-refractivity contribution in [2.24, 2.45) is 5.73 Å². The van der Waals surface area contributed by atoms with Gasteiger partial charge in [-0.2, -0.15) is 0 Å². The second kappa shape index (κ2) is 4.89. The number of aryl methyl sites for hydroxylation is 1. The maximum Gasteiger partial charge on any atom is 0.266 e. The number of benzene rings is 1. The molecule has 0 aliphatic heterocycles. The molecule has 100 valence electrons. The van der Waals surface area contributed by atoms with Gasteiger partial charge >= 0.3 is 0 Å². The summed E-state index contributed by atoms with van der Waals surface area (Å²) in [6, 6.07) is 5.76. The largest absolute Gasteiger partial charge is 0.397 e. The first kappa shape index (κ1) is 13.4. The molecule has 0 saturated heterocycles. The van der Waals surface area contributed by atoms with E-state index in [-0.39, 0.29) is 12.5 Å². The van der Waals surface area contributed by atoms with E-state index in [0.29, 0.717) is 10.6 Å². The fourth-order valence-electron chi connectivity index (χ4n) is 1.92. The number of hydrogen-bond donors (Lipinski definition) is 2. The number of nitrogens with zero attached hydrogens (tertiary/aromatic N) is 1. The summed E-state index contributed by atoms with van der Waals surface area (Å²) in [5.74, 6) is -0.830. The predicted molar refractivity (Wildman–Crippen MR) is 77.1 cm³/mol. The average molecular weight is 277 g/mol. The van der Waals surface area contributed by atoms with E-state index in [1.807, 2.05) is 25.1 Å². The van der Waals surface area contributed by atoms with Gasteiger partial charge in [0.25, 0.3) is 5.91 Å². The summed E-state index contributed by atoms with van der Waals surface area (Å²) in [5.41, 5.74) is 12.6. The Labute approximate surface area is 114 Å². The Bertz CT molecular complexity index is 663. The van der Waals surface area contributed by atoms with Crippen LogP contribution in [0.1, 0.15) is 15.2 Å². The zero-order chi connectivity index (χ0) is 14.2. The molecule has 1 aromatic carbocycles. The summed E-state index contributed by atoms with van der Waals surface area (Å²) < 4.78 is 0.996. The van der Waals surface area contributed by atoms with Crippen LogP contribution >= 0.6 is 11.3 Å². The van der Waals surface area contributed by atoms with Gasteiger partial charge in [0, 0.05) is 17.1 Å². The Morgan fingerprint density at radius 3 is 2.63 bits per heavy atom. The fraction of sp³-hybridized carbons (Fsp3) is 0.231. The van der Waals surface area contributed by atoms with Crippen molar-refractivity contribution in [1.29, 1.82) is 0 Å². The minimum atomic E-state index is -0.549. The van der Waals surface area contributed by atoms with Crippen LogP contribution in [0.5, 0.6) is 0 Å². The molecule has 0 bridgehead atoms. The van der Waals surface area contributed by atoms with E-state index in [0.717, 1.165) is 15.6 Å². The maximum absolute atomic E-state index is 12.2. The summed E-state index contributed by atoms with van der Waals surface area (Å²) in [7, 11) is 1.53. The van der Waals surface area contributed by atoms with Gasteiger partial charge in [-0.3, -0.25) is 9.59 Å². The Hall–Kier alpha value is -2.08. The molecule has 4 N–H and O–H groups in total. The molecule has 1 aromatic heterocycles. The standard InChI is InChI=1S/C13H15N3O2S/c1-7-4-3-5-8-10(15)12(19-11(7)8)13(18)16(2)6-9(14)17/h3-5H,6,15H2,1-2H3,(H2,14,17). The van der Waals surface area contributed by atoms with Crippen LogP contribution in [0.3, 0.4) is 0 Å². The fourth-order valence-corrected chi connectivity index (χ4v) is 3.10. The van der Waals surface area contributed by atoms with Crippen molar-refractivity contribution in [3.63, 3.8) is 0 Å². The molecule has 0 unspecified atom stereocenters. The molecule has 2 amide bonds. The van der Waals surface area contributed by atoms with Gasteiger partial charge in [-0.25, -0.2) is 0 Å². The number of nitrogens with two attached hydrogens (primary N) is 2. The van der Waals surface area contributed by atoms with E-state index in [2.05, 4.69) is 0 Å². The Morgan fingerprint density at radius 1 is 1.37 bits per heavy atom. The molecule has 0 radical (unpaired) electrons. The van der Waals surface area contributed by atoms with Gasteiger partial charge in [0.2, 0.25) is 5.91 Å². The molecule has 5 nitrogen and oxygen atoms in total. The Balaban J connectivity index is 2.46. The van der Waals surface area contributed by atoms with Gasteiger partial charge < -0.3 is 16.4 Å². The lowest BCUT2D eigenvalue weighted by Crippen LogP contribution is -2.35. The van der Waals surface area contributed by atoms with Crippen LogP contribution in [0.25, 0.3) is 10.1 Å². The monoisotopic (exact) mass is 277 g/mol. The average Bonchev–Trinajstić information content (AvgIpc) is 2.67. The number of carbonyl (C=O) groups excluding carboxylic acids is 2. The molecule has 0 aliphatic carbocycles. The van der Waals surface area contributed by atoms with Crippen LogP contribution in [-0.2, 0) is 4.79 Å². The van der Waals surface area contributed by atoms with Crippen molar-refractivity contribution in [3.8, 4) is 0 Å². The molecule has 2 rings (SSSR count). The first-order valence-electron chi connectivity index (χ1n) is 5.73. The molecule has 1 heterocycles. The Kier molecular flexibility index (Phi) is 3.44. The third-order valence-corrected chi connectivity index (χ3v) is 4.23. The molecular weight excluding hydrogens is 262 g/mol. The van der Waals surface area contributed by atoms with E-state index in [1.54, 1.807) is 0 Å². The lowest BCUT2D eigenvalue weighted by molar-refractivity contribution is -0.118. The highest BCUT2D eigenvalue weighted by Gasteiger charge is 2.21. The minimum absolute atomic E-state index is 0.120. The van der Waals surface area contributed by atoms with Crippen molar-refractivity contribution < 1.29 is 9.59 Å². The molecule has 2 aromatic rings. The third kappa shape index (κ3) is 2.39. The topological polar surface area (TPSA) is 89.4 Å². The van der Waals surface area contributed by atoms with E-state index >= 15 is 0 Å². The summed E-state index contributed by atoms with van der Waals surface area (Å²) >= 11 is 1.35. The van der Waals surface area contributed by atoms with Gasteiger partial charge in [0.05, 0.1) is 12.2 Å². The SMILES string of the molecule is Cc1cccc2c(N)c(C(=O)N(C)CC(N)=O)sc12. The predicted octanol–water partition coefficient (Wildman–Crippen LogP) is 1.35. The maximum atomic E-state index is 12.2. The second-order valence-electron chi connectivity index (χ2n) is 4.42. The van der Waals surface area contributed by atoms with E-state index in [1.165, 1.54) is 23.3 Å². The molecule has 0 aliphatic rings. The van der Waals surface area contributed by atoms with Gasteiger partial charge in [0.1, 0.15) is 4.88 Å². The van der Waals surface area contributed by atoms with Crippen LogP contribution in [-0.4, -0.2) is 30.3 Å². The van der Waals surface area contributed by atoms with Crippen molar-refractivity contribution in [1.82, 2.24) is 4.90 Å². The van der Waals surface area contributed by atoms with Crippen molar-refractivity contribution in [3.05, 3.63) is 28.6 Å². The molecule has 0 atom stereocenters. The highest BCUT2D eigenvalue weighted by atomic mass is 32.1. The Morgan fingerprint density at radius 2 is 2.05 bits per heavy atom. The van der Waals surface area contributed by atoms with E-state index in [9.17, 15) is 9.59 Å². The lowest BCUT2D eigenvalue weighted by atomic mass is 10.1. The summed E-state index contributed by atoms with van der Waals surface area (Å²) in [5, 5.41) is 0.876. The van der Waals surface area contributed by atoms with Crippen LogP contribution in [0.4, 0.5) is 5.69 Å². The zero-order valence-electron chi connectivity index (χ0n) is 10.8. The van der Waals surface area contributed by atoms with Crippen molar-refractivity contribution >= 4 is 38.9 Å². The van der Waals surface area contributed by atoms with Gasteiger partial charge in [0.15, 0.2) is 0 Å². The van der Waals surface area contributed by atoms with Gasteiger partial charge in [-0.1, -0.05) is 18.2 Å². The molecule has 0 fully saturated rings.